The van der Waals surface area contributed by atoms with Crippen LogP contribution in [0.1, 0.15) is 24.4 Å². The lowest BCUT2D eigenvalue weighted by atomic mass is 10.0. The summed E-state index contributed by atoms with van der Waals surface area (Å²) in [4.78, 5) is 2.33. The normalized spacial score (nSPS) is 18.0. The van der Waals surface area contributed by atoms with Gasteiger partial charge in [-0.25, -0.2) is 0 Å². The summed E-state index contributed by atoms with van der Waals surface area (Å²) in [5, 5.41) is 3.46. The molecular weight excluding hydrogens is 244 g/mol. The molecule has 1 fully saturated rings. The quantitative estimate of drug-likeness (QED) is 0.860. The predicted molar refractivity (Wildman–Crippen MR) is 85.0 cm³/mol. The van der Waals surface area contributed by atoms with E-state index in [0.29, 0.717) is 6.04 Å². The highest BCUT2D eigenvalue weighted by atomic mass is 15.2. The minimum atomic E-state index is 0.477. The minimum Gasteiger partial charge on any atom is -0.371 e. The highest BCUT2D eigenvalue weighted by Gasteiger charge is 2.22. The summed E-state index contributed by atoms with van der Waals surface area (Å²) in [6.45, 7) is 5.03. The van der Waals surface area contributed by atoms with Gasteiger partial charge in [-0.15, -0.1) is 0 Å². The van der Waals surface area contributed by atoms with Gasteiger partial charge in [-0.1, -0.05) is 36.9 Å². The second kappa shape index (κ2) is 5.83. The smallest absolute Gasteiger partial charge is 0.0538 e. The fourth-order valence-corrected chi connectivity index (χ4v) is 2.88. The summed E-state index contributed by atoms with van der Waals surface area (Å²) < 4.78 is 0. The summed E-state index contributed by atoms with van der Waals surface area (Å²) in [7, 11) is 0. The molecule has 1 N–H and O–H groups in total. The molecule has 0 bridgehead atoms. The SMILES string of the molecule is C=CN1CCCC1c1cccc(Nc2ccccc2)c1. The van der Waals surface area contributed by atoms with Crippen LogP contribution in [-0.4, -0.2) is 11.4 Å². The summed E-state index contributed by atoms with van der Waals surface area (Å²) >= 11 is 0. The van der Waals surface area contributed by atoms with Gasteiger partial charge in [0.25, 0.3) is 0 Å². The van der Waals surface area contributed by atoms with Gasteiger partial charge in [-0.3, -0.25) is 0 Å². The fraction of sp³-hybridized carbons (Fsp3) is 0.222. The lowest BCUT2D eigenvalue weighted by molar-refractivity contribution is 0.359. The van der Waals surface area contributed by atoms with E-state index in [1.165, 1.54) is 18.4 Å². The third-order valence-electron chi connectivity index (χ3n) is 3.86. The van der Waals surface area contributed by atoms with Gasteiger partial charge in [0.2, 0.25) is 0 Å². The summed E-state index contributed by atoms with van der Waals surface area (Å²) in [5.74, 6) is 0. The molecule has 1 heterocycles. The van der Waals surface area contributed by atoms with Crippen molar-refractivity contribution in [2.24, 2.45) is 0 Å². The highest BCUT2D eigenvalue weighted by Crippen LogP contribution is 2.33. The second-order valence-electron chi connectivity index (χ2n) is 5.19. The van der Waals surface area contributed by atoms with Crippen molar-refractivity contribution in [3.8, 4) is 0 Å². The van der Waals surface area contributed by atoms with Crippen LogP contribution in [0, 0.1) is 0 Å². The number of benzene rings is 2. The van der Waals surface area contributed by atoms with Crippen molar-refractivity contribution < 1.29 is 0 Å². The third-order valence-corrected chi connectivity index (χ3v) is 3.86. The number of nitrogens with one attached hydrogen (secondary N) is 1. The Morgan fingerprint density at radius 2 is 1.85 bits per heavy atom. The molecule has 0 spiro atoms. The number of hydrogen-bond donors (Lipinski definition) is 1. The van der Waals surface area contributed by atoms with Crippen LogP contribution in [0.4, 0.5) is 11.4 Å². The van der Waals surface area contributed by atoms with Crippen LogP contribution in [0.3, 0.4) is 0 Å². The second-order valence-corrected chi connectivity index (χ2v) is 5.19. The van der Waals surface area contributed by atoms with Crippen LogP contribution in [0.15, 0.2) is 67.4 Å². The molecule has 2 aromatic carbocycles. The van der Waals surface area contributed by atoms with E-state index >= 15 is 0 Å². The molecule has 2 nitrogen and oxygen atoms in total. The first-order valence-corrected chi connectivity index (χ1v) is 7.17. The maximum absolute atomic E-state index is 3.92. The maximum Gasteiger partial charge on any atom is 0.0538 e. The van der Waals surface area contributed by atoms with E-state index in [-0.39, 0.29) is 0 Å². The lowest BCUT2D eigenvalue weighted by Gasteiger charge is -2.23. The number of hydrogen-bond acceptors (Lipinski definition) is 2. The molecular formula is C18H20N2. The fourth-order valence-electron chi connectivity index (χ4n) is 2.88. The van der Waals surface area contributed by atoms with E-state index in [0.717, 1.165) is 17.9 Å². The number of rotatable bonds is 4. The van der Waals surface area contributed by atoms with E-state index in [1.807, 2.05) is 24.4 Å². The molecule has 0 amide bonds. The zero-order chi connectivity index (χ0) is 13.8. The minimum absolute atomic E-state index is 0.477. The number of para-hydroxylation sites is 1. The van der Waals surface area contributed by atoms with Crippen molar-refractivity contribution >= 4 is 11.4 Å². The molecule has 102 valence electrons. The summed E-state index contributed by atoms with van der Waals surface area (Å²) in [5.41, 5.74) is 3.63. The lowest BCUT2D eigenvalue weighted by Crippen LogP contribution is -2.16. The molecule has 0 radical (unpaired) electrons. The van der Waals surface area contributed by atoms with Gasteiger partial charge < -0.3 is 10.2 Å². The molecule has 20 heavy (non-hydrogen) atoms. The van der Waals surface area contributed by atoms with Gasteiger partial charge >= 0.3 is 0 Å². The van der Waals surface area contributed by atoms with E-state index < -0.39 is 0 Å². The van der Waals surface area contributed by atoms with Crippen LogP contribution >= 0.6 is 0 Å². The standard InChI is InChI=1S/C18H20N2/c1-2-20-13-7-12-18(20)15-8-6-11-17(14-15)19-16-9-4-3-5-10-16/h2-6,8-11,14,18-19H,1,7,12-13H2. The topological polar surface area (TPSA) is 15.3 Å². The summed E-state index contributed by atoms with van der Waals surface area (Å²) in [6.07, 6.45) is 4.42. The number of likely N-dealkylation sites (tertiary alicyclic amines) is 1. The van der Waals surface area contributed by atoms with Crippen molar-refractivity contribution in [2.45, 2.75) is 18.9 Å². The van der Waals surface area contributed by atoms with Crippen molar-refractivity contribution in [2.75, 3.05) is 11.9 Å². The van der Waals surface area contributed by atoms with Crippen LogP contribution < -0.4 is 5.32 Å². The molecule has 0 aromatic heterocycles. The number of nitrogens with zero attached hydrogens (tertiary/aromatic N) is 1. The Balaban J connectivity index is 1.81. The molecule has 1 saturated heterocycles. The Labute approximate surface area is 120 Å². The first kappa shape index (κ1) is 12.8. The van der Waals surface area contributed by atoms with Crippen molar-refractivity contribution in [1.29, 1.82) is 0 Å². The van der Waals surface area contributed by atoms with Crippen molar-refractivity contribution in [1.82, 2.24) is 4.90 Å². The Bertz CT molecular complexity index is 577. The molecule has 2 heteroatoms. The average molecular weight is 264 g/mol. The zero-order valence-electron chi connectivity index (χ0n) is 11.6. The Hall–Kier alpha value is -2.22. The molecule has 1 atom stereocenters. The van der Waals surface area contributed by atoms with Gasteiger partial charge in [0, 0.05) is 17.9 Å². The van der Waals surface area contributed by atoms with Crippen molar-refractivity contribution in [3.63, 3.8) is 0 Å². The zero-order valence-corrected chi connectivity index (χ0v) is 11.6. The first-order valence-electron chi connectivity index (χ1n) is 7.17. The van der Waals surface area contributed by atoms with E-state index in [2.05, 4.69) is 53.2 Å². The monoisotopic (exact) mass is 264 g/mol. The van der Waals surface area contributed by atoms with Crippen LogP contribution in [-0.2, 0) is 0 Å². The Kier molecular flexibility index (Phi) is 3.73. The van der Waals surface area contributed by atoms with Gasteiger partial charge in [0.15, 0.2) is 0 Å². The molecule has 1 unspecified atom stereocenters. The Morgan fingerprint density at radius 1 is 1.05 bits per heavy atom. The summed E-state index contributed by atoms with van der Waals surface area (Å²) in [6, 6.07) is 19.5. The molecule has 0 aliphatic carbocycles. The molecule has 1 aliphatic heterocycles. The van der Waals surface area contributed by atoms with E-state index in [4.69, 9.17) is 0 Å². The first-order chi connectivity index (χ1) is 9.86. The number of anilines is 2. The third kappa shape index (κ3) is 2.69. The van der Waals surface area contributed by atoms with Crippen molar-refractivity contribution in [3.05, 3.63) is 72.9 Å². The van der Waals surface area contributed by atoms with Gasteiger partial charge in [0.1, 0.15) is 0 Å². The van der Waals surface area contributed by atoms with Crippen LogP contribution in [0.25, 0.3) is 0 Å². The van der Waals surface area contributed by atoms with E-state index in [9.17, 15) is 0 Å². The van der Waals surface area contributed by atoms with Gasteiger partial charge in [-0.05, 0) is 48.9 Å². The molecule has 3 rings (SSSR count). The molecule has 0 saturated carbocycles. The highest BCUT2D eigenvalue weighted by molar-refractivity contribution is 5.60. The maximum atomic E-state index is 3.92. The average Bonchev–Trinajstić information content (AvgIpc) is 2.97. The van der Waals surface area contributed by atoms with Crippen LogP contribution in [0.5, 0.6) is 0 Å². The predicted octanol–water partition coefficient (Wildman–Crippen LogP) is 4.71. The van der Waals surface area contributed by atoms with E-state index in [1.54, 1.807) is 0 Å². The molecule has 1 aliphatic rings. The van der Waals surface area contributed by atoms with Crippen LogP contribution in [0.2, 0.25) is 0 Å². The Morgan fingerprint density at radius 3 is 2.65 bits per heavy atom. The largest absolute Gasteiger partial charge is 0.371 e. The van der Waals surface area contributed by atoms with Gasteiger partial charge in [0.05, 0.1) is 6.04 Å². The molecule has 2 aromatic rings. The van der Waals surface area contributed by atoms with Gasteiger partial charge in [-0.2, -0.15) is 0 Å².